The molecule has 1 unspecified atom stereocenters. The van der Waals surface area contributed by atoms with Crippen LogP contribution in [0.5, 0.6) is 0 Å². The fraction of sp³-hybridized carbons (Fsp3) is 0.917. The number of nitrogens with two attached hydrogens (primary N) is 1. The van der Waals surface area contributed by atoms with Crippen LogP contribution in [0.1, 0.15) is 33.1 Å². The van der Waals surface area contributed by atoms with Crippen LogP contribution in [0, 0.1) is 11.8 Å². The van der Waals surface area contributed by atoms with Gasteiger partial charge in [0.15, 0.2) is 0 Å². The van der Waals surface area contributed by atoms with Gasteiger partial charge in [-0.2, -0.15) is 11.8 Å². The third-order valence-corrected chi connectivity index (χ3v) is 4.51. The molecule has 94 valence electrons. The first-order valence-corrected chi connectivity index (χ1v) is 7.25. The summed E-state index contributed by atoms with van der Waals surface area (Å²) in [4.78, 5) is 11.6. The fourth-order valence-corrected chi connectivity index (χ4v) is 3.54. The van der Waals surface area contributed by atoms with E-state index in [-0.39, 0.29) is 5.91 Å². The van der Waals surface area contributed by atoms with Gasteiger partial charge < -0.3 is 11.1 Å². The lowest BCUT2D eigenvalue weighted by Gasteiger charge is -2.30. The Kier molecular flexibility index (Phi) is 5.12. The van der Waals surface area contributed by atoms with E-state index in [9.17, 15) is 4.79 Å². The number of thioether (sulfide) groups is 1. The van der Waals surface area contributed by atoms with Crippen molar-refractivity contribution in [1.82, 2.24) is 5.32 Å². The number of hydrogen-bond acceptors (Lipinski definition) is 3. The third kappa shape index (κ3) is 3.39. The molecule has 1 amide bonds. The quantitative estimate of drug-likeness (QED) is 0.638. The Morgan fingerprint density at radius 2 is 2.19 bits per heavy atom. The van der Waals surface area contributed by atoms with E-state index in [2.05, 4.69) is 19.2 Å². The lowest BCUT2D eigenvalue weighted by molar-refractivity contribution is -0.124. The molecular formula is C12H24N2OS. The molecule has 0 radical (unpaired) electrons. The van der Waals surface area contributed by atoms with Crippen molar-refractivity contribution in [2.24, 2.45) is 17.6 Å². The Morgan fingerprint density at radius 3 is 2.56 bits per heavy atom. The molecular weight excluding hydrogens is 220 g/mol. The molecule has 1 fully saturated rings. The lowest BCUT2D eigenvalue weighted by atomic mass is 9.95. The van der Waals surface area contributed by atoms with Crippen molar-refractivity contribution in [1.29, 1.82) is 0 Å². The number of rotatable bonds is 8. The average Bonchev–Trinajstić information content (AvgIpc) is 3.01. The van der Waals surface area contributed by atoms with Gasteiger partial charge in [0.05, 0.1) is 0 Å². The van der Waals surface area contributed by atoms with Gasteiger partial charge in [-0.15, -0.1) is 0 Å². The Labute approximate surface area is 103 Å². The van der Waals surface area contributed by atoms with E-state index in [1.807, 2.05) is 18.8 Å². The second-order valence-corrected chi connectivity index (χ2v) is 6.20. The van der Waals surface area contributed by atoms with E-state index in [4.69, 9.17) is 5.73 Å². The molecule has 0 bridgehead atoms. The van der Waals surface area contributed by atoms with E-state index >= 15 is 0 Å². The van der Waals surface area contributed by atoms with Gasteiger partial charge in [-0.05, 0) is 43.9 Å². The summed E-state index contributed by atoms with van der Waals surface area (Å²) in [6.07, 6.45) is 3.47. The van der Waals surface area contributed by atoms with E-state index in [1.165, 1.54) is 6.42 Å². The minimum atomic E-state index is -0.457. The van der Waals surface area contributed by atoms with Crippen molar-refractivity contribution < 1.29 is 4.79 Å². The van der Waals surface area contributed by atoms with Gasteiger partial charge >= 0.3 is 0 Å². The molecule has 1 saturated carbocycles. The second kappa shape index (κ2) is 5.92. The van der Waals surface area contributed by atoms with Gasteiger partial charge in [0.25, 0.3) is 0 Å². The van der Waals surface area contributed by atoms with Crippen LogP contribution in [0.4, 0.5) is 0 Å². The molecule has 0 aliphatic heterocycles. The number of likely N-dealkylation sites (N-methyl/N-ethyl adjacent to an activating group) is 1. The van der Waals surface area contributed by atoms with Gasteiger partial charge in [0.1, 0.15) is 5.54 Å². The zero-order chi connectivity index (χ0) is 12.2. The number of hydrogen-bond donors (Lipinski definition) is 2. The highest BCUT2D eigenvalue weighted by atomic mass is 32.2. The number of primary amides is 1. The SMILES string of the molecule is CNC(CSCCC(C)C)(C(N)=O)C1CC1. The largest absolute Gasteiger partial charge is 0.368 e. The summed E-state index contributed by atoms with van der Waals surface area (Å²) in [6, 6.07) is 0. The molecule has 0 aromatic rings. The first kappa shape index (κ1) is 13.8. The number of carbonyl (C=O) groups is 1. The topological polar surface area (TPSA) is 55.1 Å². The van der Waals surface area contributed by atoms with Crippen molar-refractivity contribution >= 4 is 17.7 Å². The Morgan fingerprint density at radius 1 is 1.56 bits per heavy atom. The highest BCUT2D eigenvalue weighted by molar-refractivity contribution is 7.99. The van der Waals surface area contributed by atoms with E-state index in [0.717, 1.165) is 30.3 Å². The first-order chi connectivity index (χ1) is 7.53. The molecule has 1 aliphatic rings. The summed E-state index contributed by atoms with van der Waals surface area (Å²) >= 11 is 1.85. The maximum atomic E-state index is 11.6. The maximum absolute atomic E-state index is 11.6. The summed E-state index contributed by atoms with van der Waals surface area (Å²) in [5.74, 6) is 2.93. The van der Waals surface area contributed by atoms with Gasteiger partial charge in [0.2, 0.25) is 5.91 Å². The van der Waals surface area contributed by atoms with Crippen LogP contribution in [-0.2, 0) is 4.79 Å². The normalized spacial score (nSPS) is 19.8. The number of carbonyl (C=O) groups excluding carboxylic acids is 1. The molecule has 1 rings (SSSR count). The Hall–Kier alpha value is -0.220. The molecule has 0 spiro atoms. The zero-order valence-corrected chi connectivity index (χ0v) is 11.4. The van der Waals surface area contributed by atoms with Crippen molar-refractivity contribution in [3.8, 4) is 0 Å². The van der Waals surface area contributed by atoms with E-state index in [0.29, 0.717) is 5.92 Å². The van der Waals surface area contributed by atoms with Crippen LogP contribution in [0.2, 0.25) is 0 Å². The number of amides is 1. The standard InChI is InChI=1S/C12H24N2OS/c1-9(2)6-7-16-8-12(14-3,11(13)15)10-4-5-10/h9-10,14H,4-8H2,1-3H3,(H2,13,15). The molecule has 0 aromatic heterocycles. The highest BCUT2D eigenvalue weighted by Gasteiger charge is 2.48. The molecule has 4 heteroatoms. The molecule has 0 saturated heterocycles. The van der Waals surface area contributed by atoms with Crippen molar-refractivity contribution in [2.45, 2.75) is 38.6 Å². The van der Waals surface area contributed by atoms with Crippen LogP contribution >= 0.6 is 11.8 Å². The van der Waals surface area contributed by atoms with Crippen LogP contribution in [-0.4, -0.2) is 30.0 Å². The van der Waals surface area contributed by atoms with Gasteiger partial charge in [0, 0.05) is 5.75 Å². The van der Waals surface area contributed by atoms with Crippen LogP contribution in [0.3, 0.4) is 0 Å². The summed E-state index contributed by atoms with van der Waals surface area (Å²) in [7, 11) is 1.85. The van der Waals surface area contributed by atoms with Crippen LogP contribution < -0.4 is 11.1 Å². The molecule has 3 N–H and O–H groups in total. The smallest absolute Gasteiger partial charge is 0.238 e. The van der Waals surface area contributed by atoms with Gasteiger partial charge in [-0.1, -0.05) is 13.8 Å². The molecule has 16 heavy (non-hydrogen) atoms. The first-order valence-electron chi connectivity index (χ1n) is 6.09. The average molecular weight is 244 g/mol. The number of nitrogens with one attached hydrogen (secondary N) is 1. The molecule has 1 aliphatic carbocycles. The maximum Gasteiger partial charge on any atom is 0.238 e. The van der Waals surface area contributed by atoms with Crippen LogP contribution in [0.25, 0.3) is 0 Å². The molecule has 1 atom stereocenters. The highest BCUT2D eigenvalue weighted by Crippen LogP contribution is 2.41. The molecule has 0 aromatic carbocycles. The summed E-state index contributed by atoms with van der Waals surface area (Å²) < 4.78 is 0. The Balaban J connectivity index is 2.41. The summed E-state index contributed by atoms with van der Waals surface area (Å²) in [5.41, 5.74) is 5.09. The van der Waals surface area contributed by atoms with Crippen molar-refractivity contribution in [3.05, 3.63) is 0 Å². The predicted molar refractivity (Wildman–Crippen MR) is 70.5 cm³/mol. The minimum absolute atomic E-state index is 0.186. The third-order valence-electron chi connectivity index (χ3n) is 3.33. The molecule has 3 nitrogen and oxygen atoms in total. The summed E-state index contributed by atoms with van der Waals surface area (Å²) in [5, 5.41) is 3.17. The van der Waals surface area contributed by atoms with Crippen LogP contribution in [0.15, 0.2) is 0 Å². The molecule has 0 heterocycles. The van der Waals surface area contributed by atoms with Gasteiger partial charge in [-0.25, -0.2) is 0 Å². The van der Waals surface area contributed by atoms with Crippen molar-refractivity contribution in [2.75, 3.05) is 18.6 Å². The fourth-order valence-electron chi connectivity index (χ4n) is 1.92. The minimum Gasteiger partial charge on any atom is -0.368 e. The van der Waals surface area contributed by atoms with Gasteiger partial charge in [-0.3, -0.25) is 4.79 Å². The predicted octanol–water partition coefficient (Wildman–Crippen LogP) is 1.62. The Bertz CT molecular complexity index is 241. The second-order valence-electron chi connectivity index (χ2n) is 5.09. The zero-order valence-electron chi connectivity index (χ0n) is 10.6. The van der Waals surface area contributed by atoms with E-state index < -0.39 is 5.54 Å². The summed E-state index contributed by atoms with van der Waals surface area (Å²) in [6.45, 7) is 4.45. The van der Waals surface area contributed by atoms with Crippen molar-refractivity contribution in [3.63, 3.8) is 0 Å². The lowest BCUT2D eigenvalue weighted by Crippen LogP contribution is -2.58. The monoisotopic (exact) mass is 244 g/mol. The van der Waals surface area contributed by atoms with E-state index in [1.54, 1.807) is 0 Å².